The van der Waals surface area contributed by atoms with Crippen LogP contribution in [0.4, 0.5) is 0 Å². The molecule has 0 radical (unpaired) electrons. The van der Waals surface area contributed by atoms with Crippen molar-refractivity contribution in [2.45, 2.75) is 19.1 Å². The van der Waals surface area contributed by atoms with Crippen LogP contribution >= 0.6 is 0 Å². The number of nitrogens with zero attached hydrogens (tertiary/aromatic N) is 2. The summed E-state index contributed by atoms with van der Waals surface area (Å²) in [5.74, 6) is -0.543. The van der Waals surface area contributed by atoms with Crippen LogP contribution in [0.5, 0.6) is 0 Å². The molecule has 23 heavy (non-hydrogen) atoms. The lowest BCUT2D eigenvalue weighted by atomic mass is 9.93. The van der Waals surface area contributed by atoms with Gasteiger partial charge in [0.25, 0.3) is 0 Å². The molecule has 2 N–H and O–H groups in total. The molecule has 1 atom stereocenters. The average molecular weight is 316 g/mol. The first-order chi connectivity index (χ1) is 11.0. The van der Waals surface area contributed by atoms with Crippen molar-refractivity contribution in [3.8, 4) is 11.1 Å². The van der Waals surface area contributed by atoms with Gasteiger partial charge >= 0.3 is 5.97 Å². The Bertz CT molecular complexity index is 721. The lowest BCUT2D eigenvalue weighted by Crippen LogP contribution is -2.09. The second-order valence-corrected chi connectivity index (χ2v) is 5.30. The summed E-state index contributed by atoms with van der Waals surface area (Å²) in [6.07, 6.45) is 2.66. The van der Waals surface area contributed by atoms with Crippen molar-refractivity contribution in [3.05, 3.63) is 53.9 Å². The quantitative estimate of drug-likeness (QED) is 0.626. The van der Waals surface area contributed by atoms with Gasteiger partial charge in [0.05, 0.1) is 26.0 Å². The maximum absolute atomic E-state index is 11.5. The minimum atomic E-state index is -0.912. The van der Waals surface area contributed by atoms with E-state index >= 15 is 0 Å². The third-order valence-electron chi connectivity index (χ3n) is 3.59. The van der Waals surface area contributed by atoms with Crippen LogP contribution in [0, 0.1) is 0 Å². The van der Waals surface area contributed by atoms with Crippen molar-refractivity contribution in [2.24, 2.45) is 7.05 Å². The summed E-state index contributed by atoms with van der Waals surface area (Å²) in [5.41, 5.74) is 3.14. The first-order valence-corrected chi connectivity index (χ1v) is 7.13. The number of methoxy groups -OCH3 is 1. The van der Waals surface area contributed by atoms with Crippen molar-refractivity contribution in [1.82, 2.24) is 9.78 Å². The molecule has 122 valence electrons. The number of ether oxygens (including phenoxy) is 1. The van der Waals surface area contributed by atoms with Crippen molar-refractivity contribution >= 4 is 5.97 Å². The first-order valence-electron chi connectivity index (χ1n) is 7.13. The highest BCUT2D eigenvalue weighted by Gasteiger charge is 2.19. The molecule has 1 aromatic heterocycles. The van der Waals surface area contributed by atoms with Crippen LogP contribution in [-0.4, -0.2) is 33.1 Å². The Labute approximate surface area is 134 Å². The number of aliphatic hydroxyl groups excluding tert-OH is 2. The summed E-state index contributed by atoms with van der Waals surface area (Å²) < 4.78 is 6.26. The molecule has 0 saturated heterocycles. The van der Waals surface area contributed by atoms with Crippen molar-refractivity contribution < 1.29 is 19.7 Å². The van der Waals surface area contributed by atoms with Crippen LogP contribution < -0.4 is 0 Å². The van der Waals surface area contributed by atoms with Gasteiger partial charge in [-0.25, -0.2) is 4.79 Å². The predicted molar refractivity (Wildman–Crippen MR) is 85.3 cm³/mol. The maximum atomic E-state index is 11.5. The van der Waals surface area contributed by atoms with E-state index in [4.69, 9.17) is 0 Å². The molecule has 0 aliphatic carbocycles. The summed E-state index contributed by atoms with van der Waals surface area (Å²) in [6.45, 7) is 3.54. The average Bonchev–Trinajstić information content (AvgIpc) is 2.99. The highest BCUT2D eigenvalue weighted by atomic mass is 16.5. The van der Waals surface area contributed by atoms with Crippen molar-refractivity contribution in [2.75, 3.05) is 7.11 Å². The van der Waals surface area contributed by atoms with Crippen LogP contribution in [0.2, 0.25) is 0 Å². The smallest absolute Gasteiger partial charge is 0.333 e. The Morgan fingerprint density at radius 1 is 1.48 bits per heavy atom. The van der Waals surface area contributed by atoms with Crippen LogP contribution in [0.3, 0.4) is 0 Å². The van der Waals surface area contributed by atoms with Gasteiger partial charge in [-0.1, -0.05) is 18.7 Å². The zero-order valence-electron chi connectivity index (χ0n) is 13.2. The Morgan fingerprint density at radius 3 is 2.78 bits per heavy atom. The number of aryl methyl sites for hydroxylation is 1. The minimum Gasteiger partial charge on any atom is -0.466 e. The lowest BCUT2D eigenvalue weighted by Gasteiger charge is -2.16. The lowest BCUT2D eigenvalue weighted by molar-refractivity contribution is -0.136. The van der Waals surface area contributed by atoms with Gasteiger partial charge in [-0.15, -0.1) is 0 Å². The van der Waals surface area contributed by atoms with E-state index < -0.39 is 12.1 Å². The monoisotopic (exact) mass is 316 g/mol. The van der Waals surface area contributed by atoms with E-state index in [-0.39, 0.29) is 18.6 Å². The molecule has 0 amide bonds. The number of hydrogen-bond donors (Lipinski definition) is 2. The molecule has 1 heterocycles. The molecule has 6 heteroatoms. The number of esters is 1. The van der Waals surface area contributed by atoms with E-state index in [0.717, 1.165) is 16.7 Å². The Hall–Kier alpha value is -2.44. The molecule has 0 aliphatic heterocycles. The highest BCUT2D eigenvalue weighted by Crippen LogP contribution is 2.32. The van der Waals surface area contributed by atoms with Gasteiger partial charge in [0.15, 0.2) is 0 Å². The highest BCUT2D eigenvalue weighted by molar-refractivity contribution is 5.87. The molecule has 0 bridgehead atoms. The number of carbonyl (C=O) groups is 1. The SMILES string of the molecule is C=C(CC(O)c1ccc(CO)cc1-c1cnn(C)c1)C(=O)OC. The van der Waals surface area contributed by atoms with Gasteiger partial charge in [-0.3, -0.25) is 4.68 Å². The molecule has 6 nitrogen and oxygen atoms in total. The Kier molecular flexibility index (Phi) is 5.31. The van der Waals surface area contributed by atoms with Crippen LogP contribution in [0.25, 0.3) is 11.1 Å². The third kappa shape index (κ3) is 3.85. The summed E-state index contributed by atoms with van der Waals surface area (Å²) in [5, 5.41) is 24.0. The molecule has 1 unspecified atom stereocenters. The Morgan fingerprint density at radius 2 is 2.22 bits per heavy atom. The fraction of sp³-hybridized carbons (Fsp3) is 0.294. The van der Waals surface area contributed by atoms with E-state index in [1.165, 1.54) is 7.11 Å². The molecule has 0 aliphatic rings. The topological polar surface area (TPSA) is 84.6 Å². The van der Waals surface area contributed by atoms with E-state index in [0.29, 0.717) is 5.56 Å². The minimum absolute atomic E-state index is 0.0679. The predicted octanol–water partition coefficient (Wildman–Crippen LogP) is 1.73. The van der Waals surface area contributed by atoms with Gasteiger partial charge in [0.1, 0.15) is 0 Å². The van der Waals surface area contributed by atoms with Gasteiger partial charge in [0.2, 0.25) is 0 Å². The number of carbonyl (C=O) groups excluding carboxylic acids is 1. The zero-order valence-corrected chi connectivity index (χ0v) is 13.2. The summed E-state index contributed by atoms with van der Waals surface area (Å²) in [4.78, 5) is 11.5. The standard InChI is InChI=1S/C17H20N2O4/c1-11(17(22)23-3)6-16(21)14-5-4-12(10-20)7-15(14)13-8-18-19(2)9-13/h4-5,7-9,16,20-21H,1,6,10H2,2-3H3. The number of hydrogen-bond acceptors (Lipinski definition) is 5. The van der Waals surface area contributed by atoms with E-state index in [1.54, 1.807) is 36.1 Å². The molecule has 2 aromatic rings. The van der Waals surface area contributed by atoms with Gasteiger partial charge in [-0.2, -0.15) is 5.10 Å². The number of aliphatic hydroxyl groups is 2. The molecule has 0 spiro atoms. The molecule has 2 rings (SSSR count). The van der Waals surface area contributed by atoms with Crippen LogP contribution in [-0.2, 0) is 23.2 Å². The van der Waals surface area contributed by atoms with Gasteiger partial charge in [-0.05, 0) is 22.8 Å². The summed E-state index contributed by atoms with van der Waals surface area (Å²) in [7, 11) is 3.08. The second kappa shape index (κ2) is 7.21. The molecule has 0 saturated carbocycles. The van der Waals surface area contributed by atoms with E-state index in [9.17, 15) is 15.0 Å². The van der Waals surface area contributed by atoms with Gasteiger partial charge in [0, 0.05) is 30.8 Å². The summed E-state index contributed by atoms with van der Waals surface area (Å²) in [6, 6.07) is 5.28. The number of benzene rings is 1. The molecular weight excluding hydrogens is 296 g/mol. The molecular formula is C17H20N2O4. The third-order valence-corrected chi connectivity index (χ3v) is 3.59. The molecule has 1 aromatic carbocycles. The zero-order chi connectivity index (χ0) is 17.0. The number of rotatable bonds is 6. The number of aromatic nitrogens is 2. The largest absolute Gasteiger partial charge is 0.466 e. The Balaban J connectivity index is 2.37. The van der Waals surface area contributed by atoms with Crippen LogP contribution in [0.15, 0.2) is 42.7 Å². The van der Waals surface area contributed by atoms with Crippen molar-refractivity contribution in [3.63, 3.8) is 0 Å². The second-order valence-electron chi connectivity index (χ2n) is 5.30. The molecule has 0 fully saturated rings. The van der Waals surface area contributed by atoms with Gasteiger partial charge < -0.3 is 14.9 Å². The fourth-order valence-corrected chi connectivity index (χ4v) is 2.37. The van der Waals surface area contributed by atoms with E-state index in [2.05, 4.69) is 16.4 Å². The maximum Gasteiger partial charge on any atom is 0.333 e. The van der Waals surface area contributed by atoms with Crippen LogP contribution in [0.1, 0.15) is 23.7 Å². The van der Waals surface area contributed by atoms with E-state index in [1.807, 2.05) is 6.20 Å². The fourth-order valence-electron chi connectivity index (χ4n) is 2.37. The first kappa shape index (κ1) is 16.9. The van der Waals surface area contributed by atoms with Crippen molar-refractivity contribution in [1.29, 1.82) is 0 Å². The summed E-state index contributed by atoms with van der Waals surface area (Å²) >= 11 is 0. The normalized spacial score (nSPS) is 12.0.